The van der Waals surface area contributed by atoms with Crippen molar-refractivity contribution in [2.45, 2.75) is 18.7 Å². The summed E-state index contributed by atoms with van der Waals surface area (Å²) in [6.07, 6.45) is 0. The number of amides is 2. The second kappa shape index (κ2) is 7.89. The molecule has 0 radical (unpaired) electrons. The van der Waals surface area contributed by atoms with Crippen molar-refractivity contribution < 1.29 is 14.3 Å². The lowest BCUT2D eigenvalue weighted by Crippen LogP contribution is -2.36. The van der Waals surface area contributed by atoms with Crippen molar-refractivity contribution in [2.24, 2.45) is 0 Å². The molecule has 1 aromatic carbocycles. The van der Waals surface area contributed by atoms with Crippen molar-refractivity contribution in [3.05, 3.63) is 28.1 Å². The molecule has 0 bridgehead atoms. The predicted molar refractivity (Wildman–Crippen MR) is 109 cm³/mol. The fraction of sp³-hybridized carbons (Fsp3) is 0.353. The second-order valence-corrected chi connectivity index (χ2v) is 8.30. The molecule has 2 aliphatic heterocycles. The summed E-state index contributed by atoms with van der Waals surface area (Å²) in [5, 5.41) is 3.60. The van der Waals surface area contributed by atoms with Crippen LogP contribution in [0, 0.1) is 0 Å². The molecular weight excluding hydrogens is 390 g/mol. The number of thiocarbonyl (C=S) groups is 1. The van der Waals surface area contributed by atoms with Crippen LogP contribution in [0.25, 0.3) is 0 Å². The molecule has 1 saturated heterocycles. The van der Waals surface area contributed by atoms with Gasteiger partial charge in [-0.05, 0) is 19.1 Å². The van der Waals surface area contributed by atoms with Crippen LogP contribution >= 0.6 is 35.7 Å². The SMILES string of the molecule is CCN1/C(=C2/SC(=S)N(CCNC(C)=O)C2=O)Sc2ccc(OC)cc21. The first-order valence-corrected chi connectivity index (χ1v) is 10.2. The molecule has 6 nitrogen and oxygen atoms in total. The van der Waals surface area contributed by atoms with E-state index in [-0.39, 0.29) is 11.8 Å². The van der Waals surface area contributed by atoms with Gasteiger partial charge in [-0.3, -0.25) is 14.5 Å². The van der Waals surface area contributed by atoms with E-state index in [0.29, 0.717) is 22.3 Å². The van der Waals surface area contributed by atoms with Crippen molar-refractivity contribution in [3.63, 3.8) is 0 Å². The van der Waals surface area contributed by atoms with E-state index >= 15 is 0 Å². The van der Waals surface area contributed by atoms with Gasteiger partial charge in [-0.1, -0.05) is 35.7 Å². The molecule has 0 saturated carbocycles. The molecule has 2 amide bonds. The van der Waals surface area contributed by atoms with Crippen LogP contribution in [0.4, 0.5) is 5.69 Å². The van der Waals surface area contributed by atoms with E-state index in [1.54, 1.807) is 23.8 Å². The van der Waals surface area contributed by atoms with Gasteiger partial charge in [0.25, 0.3) is 5.91 Å². The van der Waals surface area contributed by atoms with Crippen LogP contribution in [-0.4, -0.2) is 47.8 Å². The topological polar surface area (TPSA) is 61.9 Å². The summed E-state index contributed by atoms with van der Waals surface area (Å²) >= 11 is 8.28. The summed E-state index contributed by atoms with van der Waals surface area (Å²) in [6, 6.07) is 5.91. The van der Waals surface area contributed by atoms with Gasteiger partial charge in [0.15, 0.2) is 0 Å². The standard InChI is InChI=1S/C17H19N3O3S3/c1-4-19-12-9-11(23-3)5-6-13(12)25-16(19)14-15(22)20(17(24)26-14)8-7-18-10(2)21/h5-6,9H,4,7-8H2,1-3H3,(H,18,21)/b16-14-. The fourth-order valence-corrected chi connectivity index (χ4v) is 5.40. The van der Waals surface area contributed by atoms with Gasteiger partial charge in [0, 0.05) is 37.5 Å². The van der Waals surface area contributed by atoms with Crippen LogP contribution in [0.5, 0.6) is 5.75 Å². The Balaban J connectivity index is 1.87. The molecule has 3 rings (SSSR count). The number of carbonyl (C=O) groups excluding carboxylic acids is 2. The number of nitrogens with one attached hydrogen (secondary N) is 1. The molecule has 2 aliphatic rings. The van der Waals surface area contributed by atoms with Crippen molar-refractivity contribution in [1.82, 2.24) is 10.2 Å². The smallest absolute Gasteiger partial charge is 0.268 e. The third-order valence-corrected chi connectivity index (χ3v) is 6.73. The largest absolute Gasteiger partial charge is 0.497 e. The molecule has 0 aliphatic carbocycles. The summed E-state index contributed by atoms with van der Waals surface area (Å²) in [5.41, 5.74) is 1.04. The zero-order chi connectivity index (χ0) is 18.8. The van der Waals surface area contributed by atoms with Gasteiger partial charge in [-0.15, -0.1) is 0 Å². The fourth-order valence-electron chi connectivity index (χ4n) is 2.74. The lowest BCUT2D eigenvalue weighted by molar-refractivity contribution is -0.123. The van der Waals surface area contributed by atoms with Crippen LogP contribution in [0.3, 0.4) is 0 Å². The zero-order valence-electron chi connectivity index (χ0n) is 14.7. The Bertz CT molecular complexity index is 810. The predicted octanol–water partition coefficient (Wildman–Crippen LogP) is 2.79. The Hall–Kier alpha value is -1.71. The highest BCUT2D eigenvalue weighted by Gasteiger charge is 2.38. The van der Waals surface area contributed by atoms with Crippen molar-refractivity contribution >= 4 is 57.6 Å². The molecule has 0 atom stereocenters. The molecule has 0 unspecified atom stereocenters. The number of methoxy groups -OCH3 is 1. The lowest BCUT2D eigenvalue weighted by Gasteiger charge is -2.19. The minimum Gasteiger partial charge on any atom is -0.497 e. The third kappa shape index (κ3) is 3.56. The number of benzene rings is 1. The van der Waals surface area contributed by atoms with Crippen LogP contribution in [0.1, 0.15) is 13.8 Å². The summed E-state index contributed by atoms with van der Waals surface area (Å²) in [4.78, 5) is 29.3. The number of thioether (sulfide) groups is 2. The van der Waals surface area contributed by atoms with E-state index in [1.807, 2.05) is 25.1 Å². The third-order valence-electron chi connectivity index (χ3n) is 3.98. The van der Waals surface area contributed by atoms with Gasteiger partial charge < -0.3 is 15.0 Å². The number of nitrogens with zero attached hydrogens (tertiary/aromatic N) is 2. The monoisotopic (exact) mass is 409 g/mol. The maximum Gasteiger partial charge on any atom is 0.268 e. The number of carbonyl (C=O) groups is 2. The zero-order valence-corrected chi connectivity index (χ0v) is 17.1. The minimum absolute atomic E-state index is 0.105. The Morgan fingerprint density at radius 1 is 1.31 bits per heavy atom. The molecule has 26 heavy (non-hydrogen) atoms. The van der Waals surface area contributed by atoms with Crippen molar-refractivity contribution in [1.29, 1.82) is 0 Å². The van der Waals surface area contributed by atoms with Crippen LogP contribution in [0.15, 0.2) is 33.0 Å². The average molecular weight is 410 g/mol. The number of hydrogen-bond donors (Lipinski definition) is 1. The highest BCUT2D eigenvalue weighted by Crippen LogP contribution is 2.51. The van der Waals surface area contributed by atoms with Gasteiger partial charge in [-0.2, -0.15) is 0 Å². The summed E-state index contributed by atoms with van der Waals surface area (Å²) in [6.45, 7) is 4.99. The van der Waals surface area contributed by atoms with E-state index in [2.05, 4.69) is 10.2 Å². The van der Waals surface area contributed by atoms with E-state index in [0.717, 1.165) is 27.9 Å². The van der Waals surface area contributed by atoms with Crippen molar-refractivity contribution in [2.75, 3.05) is 31.6 Å². The highest BCUT2D eigenvalue weighted by molar-refractivity contribution is 8.27. The van der Waals surface area contributed by atoms with Gasteiger partial charge in [0.2, 0.25) is 5.91 Å². The molecule has 0 aromatic heterocycles. The molecular formula is C17H19N3O3S3. The number of fused-ring (bicyclic) bond motifs is 1. The van der Waals surface area contributed by atoms with Crippen LogP contribution < -0.4 is 15.0 Å². The minimum atomic E-state index is -0.123. The quantitative estimate of drug-likeness (QED) is 0.593. The van der Waals surface area contributed by atoms with Crippen LogP contribution in [-0.2, 0) is 9.59 Å². The summed E-state index contributed by atoms with van der Waals surface area (Å²) < 4.78 is 5.85. The van der Waals surface area contributed by atoms with Gasteiger partial charge in [0.05, 0.1) is 12.8 Å². The van der Waals surface area contributed by atoms with Crippen molar-refractivity contribution in [3.8, 4) is 5.75 Å². The normalized spacial score (nSPS) is 19.2. The van der Waals surface area contributed by atoms with E-state index in [1.165, 1.54) is 18.7 Å². The van der Waals surface area contributed by atoms with Gasteiger partial charge in [-0.25, -0.2) is 0 Å². The Morgan fingerprint density at radius 2 is 2.08 bits per heavy atom. The summed E-state index contributed by atoms with van der Waals surface area (Å²) in [7, 11) is 1.64. The molecule has 2 heterocycles. The number of hydrogen-bond acceptors (Lipinski definition) is 7. The van der Waals surface area contributed by atoms with Gasteiger partial charge in [0.1, 0.15) is 20.0 Å². The first-order valence-electron chi connectivity index (χ1n) is 8.12. The van der Waals surface area contributed by atoms with E-state index < -0.39 is 0 Å². The lowest BCUT2D eigenvalue weighted by atomic mass is 10.2. The molecule has 9 heteroatoms. The van der Waals surface area contributed by atoms with Crippen LogP contribution in [0.2, 0.25) is 0 Å². The first kappa shape index (κ1) is 19.1. The number of ether oxygens (including phenoxy) is 1. The van der Waals surface area contributed by atoms with E-state index in [4.69, 9.17) is 17.0 Å². The molecule has 138 valence electrons. The number of rotatable bonds is 5. The number of anilines is 1. The first-order chi connectivity index (χ1) is 12.5. The van der Waals surface area contributed by atoms with Gasteiger partial charge >= 0.3 is 0 Å². The Kier molecular flexibility index (Phi) is 5.79. The highest BCUT2D eigenvalue weighted by atomic mass is 32.2. The summed E-state index contributed by atoms with van der Waals surface area (Å²) in [5.74, 6) is 0.555. The molecule has 1 aromatic rings. The Labute approximate surface area is 166 Å². The second-order valence-electron chi connectivity index (χ2n) is 5.62. The average Bonchev–Trinajstić information content (AvgIpc) is 3.12. The molecule has 0 spiro atoms. The molecule has 1 fully saturated rings. The molecule has 1 N–H and O–H groups in total. The van der Waals surface area contributed by atoms with E-state index in [9.17, 15) is 9.59 Å². The maximum absolute atomic E-state index is 12.9. The maximum atomic E-state index is 12.9. The Morgan fingerprint density at radius 3 is 2.73 bits per heavy atom.